The van der Waals surface area contributed by atoms with Gasteiger partial charge in [-0.15, -0.1) is 0 Å². The molecule has 0 aromatic carbocycles. The molecule has 0 aliphatic heterocycles. The van der Waals surface area contributed by atoms with E-state index in [4.69, 9.17) is 55.6 Å². The van der Waals surface area contributed by atoms with Crippen molar-refractivity contribution in [1.29, 1.82) is 0 Å². The van der Waals surface area contributed by atoms with Gasteiger partial charge in [-0.05, 0) is 30.7 Å². The summed E-state index contributed by atoms with van der Waals surface area (Å²) in [5, 5.41) is 0. The molecular weight excluding hydrogens is 781 g/mol. The van der Waals surface area contributed by atoms with Crippen LogP contribution in [0.3, 0.4) is 0 Å². The number of furan rings is 4. The van der Waals surface area contributed by atoms with Gasteiger partial charge >= 0.3 is 0 Å². The molecule has 0 aliphatic carbocycles. The third-order valence-corrected chi connectivity index (χ3v) is 7.93. The Morgan fingerprint density at radius 3 is 1.04 bits per heavy atom. The zero-order chi connectivity index (χ0) is 40.4. The number of rotatable bonds is 30. The van der Waals surface area contributed by atoms with Gasteiger partial charge in [-0.1, -0.05) is 33.2 Å². The van der Waals surface area contributed by atoms with Crippen molar-refractivity contribution >= 4 is 37.9 Å². The van der Waals surface area contributed by atoms with E-state index in [2.05, 4.69) is 71.1 Å². The SMILES string of the molecule is C=COCc1cc(-c2cc(COC=C)oc2COC=C)c(COC=C)o1.CCCOCc1cc(-c2cc(COCCS)oc2COCCS)c(COCCS)o1. The van der Waals surface area contributed by atoms with Crippen molar-refractivity contribution in [3.63, 3.8) is 0 Å². The van der Waals surface area contributed by atoms with Crippen LogP contribution in [-0.2, 0) is 90.7 Å². The molecule has 0 amide bonds. The standard InChI is InChI=1S/C21H32O6S3.C20H22O6/c1-2-3-22-12-16-10-18(20(26-16)14-24-5-8-29)19-11-17(13-23-4-7-28)27-21(19)15-25-6-9-30;1-5-21-11-15-9-17(19(25-15)13-23-7-3)18-10-16(12-22-6-2)26-20(18)14-24-8-4/h10-11,28-30H,2-9,12-15H2,1H3;5-10H,1-4,11-14H2. The van der Waals surface area contributed by atoms with Crippen LogP contribution in [0.5, 0.6) is 0 Å². The van der Waals surface area contributed by atoms with Crippen LogP contribution in [0.1, 0.15) is 59.4 Å². The van der Waals surface area contributed by atoms with Crippen LogP contribution in [0.4, 0.5) is 0 Å². The molecule has 4 heterocycles. The van der Waals surface area contributed by atoms with Gasteiger partial charge in [0.1, 0.15) is 98.9 Å². The first kappa shape index (κ1) is 46.6. The first-order chi connectivity index (χ1) is 27.5. The molecule has 0 fully saturated rings. The second-order valence-electron chi connectivity index (χ2n) is 11.5. The average molecular weight is 835 g/mol. The van der Waals surface area contributed by atoms with Gasteiger partial charge in [0.05, 0.1) is 44.9 Å². The lowest BCUT2D eigenvalue weighted by molar-refractivity contribution is 0.0951. The van der Waals surface area contributed by atoms with Crippen LogP contribution < -0.4 is 0 Å². The Kier molecular flexibility index (Phi) is 23.0. The van der Waals surface area contributed by atoms with Gasteiger partial charge in [0.25, 0.3) is 0 Å². The van der Waals surface area contributed by atoms with E-state index in [1.165, 1.54) is 25.0 Å². The van der Waals surface area contributed by atoms with Gasteiger partial charge in [-0.25, -0.2) is 0 Å². The minimum Gasteiger partial charge on any atom is -0.494 e. The van der Waals surface area contributed by atoms with E-state index in [9.17, 15) is 0 Å². The van der Waals surface area contributed by atoms with E-state index in [1.807, 2.05) is 24.3 Å². The van der Waals surface area contributed by atoms with Gasteiger partial charge < -0.3 is 55.6 Å². The predicted molar refractivity (Wildman–Crippen MR) is 223 cm³/mol. The average Bonchev–Trinajstić information content (AvgIpc) is 4.00. The van der Waals surface area contributed by atoms with Crippen LogP contribution in [0.15, 0.2) is 93.3 Å². The van der Waals surface area contributed by atoms with Crippen molar-refractivity contribution in [2.24, 2.45) is 0 Å². The van der Waals surface area contributed by atoms with E-state index in [0.717, 1.165) is 51.7 Å². The van der Waals surface area contributed by atoms with E-state index >= 15 is 0 Å². The van der Waals surface area contributed by atoms with Crippen LogP contribution in [-0.4, -0.2) is 43.7 Å². The summed E-state index contributed by atoms with van der Waals surface area (Å²) in [7, 11) is 0. The second-order valence-corrected chi connectivity index (χ2v) is 12.8. The summed E-state index contributed by atoms with van der Waals surface area (Å²) in [5.41, 5.74) is 3.45. The minimum atomic E-state index is 0.221. The Morgan fingerprint density at radius 2 is 0.714 bits per heavy atom. The molecule has 12 nitrogen and oxygen atoms in total. The van der Waals surface area contributed by atoms with Crippen molar-refractivity contribution in [2.75, 3.05) is 43.7 Å². The third kappa shape index (κ3) is 15.6. The number of hydrogen-bond donors (Lipinski definition) is 3. The lowest BCUT2D eigenvalue weighted by Crippen LogP contribution is -1.98. The van der Waals surface area contributed by atoms with E-state index in [0.29, 0.717) is 93.2 Å². The summed E-state index contributed by atoms with van der Waals surface area (Å²) < 4.78 is 67.3. The quantitative estimate of drug-likeness (QED) is 0.0263. The Hall–Kier alpha value is -3.83. The lowest BCUT2D eigenvalue weighted by Gasteiger charge is -2.05. The fourth-order valence-corrected chi connectivity index (χ4v) is 5.51. The van der Waals surface area contributed by atoms with Gasteiger partial charge in [0.2, 0.25) is 0 Å². The zero-order valence-corrected chi connectivity index (χ0v) is 34.7. The highest BCUT2D eigenvalue weighted by atomic mass is 32.1. The molecule has 0 spiro atoms. The van der Waals surface area contributed by atoms with Crippen LogP contribution >= 0.6 is 37.9 Å². The topological polar surface area (TPSA) is 126 Å². The Labute approximate surface area is 346 Å². The van der Waals surface area contributed by atoms with Crippen LogP contribution in [0.25, 0.3) is 22.3 Å². The van der Waals surface area contributed by atoms with Gasteiger partial charge in [-0.3, -0.25) is 0 Å². The van der Waals surface area contributed by atoms with Crippen molar-refractivity contribution in [1.82, 2.24) is 0 Å². The van der Waals surface area contributed by atoms with Crippen molar-refractivity contribution < 1.29 is 55.6 Å². The predicted octanol–water partition coefficient (Wildman–Crippen LogP) is 9.99. The highest BCUT2D eigenvalue weighted by molar-refractivity contribution is 7.80. The molecule has 0 saturated carbocycles. The van der Waals surface area contributed by atoms with Crippen molar-refractivity contribution in [3.8, 4) is 22.3 Å². The molecule has 0 saturated heterocycles. The molecule has 4 rings (SSSR count). The van der Waals surface area contributed by atoms with Gasteiger partial charge in [0, 0.05) is 46.1 Å². The molecule has 56 heavy (non-hydrogen) atoms. The van der Waals surface area contributed by atoms with Crippen molar-refractivity contribution in [2.45, 2.75) is 66.2 Å². The summed E-state index contributed by atoms with van der Waals surface area (Å²) in [6.45, 7) is 21.0. The number of ether oxygens (including phenoxy) is 8. The largest absolute Gasteiger partial charge is 0.494 e. The van der Waals surface area contributed by atoms with Crippen molar-refractivity contribution in [3.05, 3.63) is 122 Å². The maximum Gasteiger partial charge on any atom is 0.149 e. The Morgan fingerprint density at radius 1 is 0.429 bits per heavy atom. The van der Waals surface area contributed by atoms with E-state index in [1.54, 1.807) is 0 Å². The molecule has 0 bridgehead atoms. The minimum absolute atomic E-state index is 0.221. The van der Waals surface area contributed by atoms with Gasteiger partial charge in [0.15, 0.2) is 0 Å². The van der Waals surface area contributed by atoms with E-state index < -0.39 is 0 Å². The fourth-order valence-electron chi connectivity index (χ4n) is 5.13. The molecule has 0 aliphatic rings. The summed E-state index contributed by atoms with van der Waals surface area (Å²) in [4.78, 5) is 0. The van der Waals surface area contributed by atoms with Crippen LogP contribution in [0, 0.1) is 0 Å². The molecule has 4 aromatic rings. The fraction of sp³-hybridized carbons (Fsp3) is 0.415. The summed E-state index contributed by atoms with van der Waals surface area (Å²) >= 11 is 12.6. The molecule has 0 N–H and O–H groups in total. The second kappa shape index (κ2) is 27.7. The first-order valence-corrected chi connectivity index (χ1v) is 19.9. The number of hydrogen-bond acceptors (Lipinski definition) is 15. The molecule has 15 heteroatoms. The monoisotopic (exact) mass is 834 g/mol. The lowest BCUT2D eigenvalue weighted by atomic mass is 10.1. The third-order valence-electron chi connectivity index (χ3n) is 7.38. The molecule has 0 unspecified atom stereocenters. The highest BCUT2D eigenvalue weighted by Gasteiger charge is 2.22. The maximum absolute atomic E-state index is 6.04. The summed E-state index contributed by atoms with van der Waals surface area (Å²) in [6, 6.07) is 7.69. The van der Waals surface area contributed by atoms with Crippen LogP contribution in [0.2, 0.25) is 0 Å². The molecule has 0 atom stereocenters. The Balaban J connectivity index is 0.000000303. The first-order valence-electron chi connectivity index (χ1n) is 18.0. The summed E-state index contributed by atoms with van der Waals surface area (Å²) in [6.07, 6.45) is 6.37. The maximum atomic E-state index is 6.04. The molecular formula is C41H54O12S3. The zero-order valence-electron chi connectivity index (χ0n) is 32.0. The number of thiol groups is 3. The van der Waals surface area contributed by atoms with E-state index in [-0.39, 0.29) is 26.4 Å². The van der Waals surface area contributed by atoms with Gasteiger partial charge in [-0.2, -0.15) is 37.9 Å². The summed E-state index contributed by atoms with van der Waals surface area (Å²) in [5.74, 6) is 7.35. The normalized spacial score (nSPS) is 10.8. The smallest absolute Gasteiger partial charge is 0.149 e. The molecule has 4 aromatic heterocycles. The molecule has 0 radical (unpaired) electrons. The molecule has 308 valence electrons. The Bertz CT molecular complexity index is 1600. The highest BCUT2D eigenvalue weighted by Crippen LogP contribution is 2.36.